The number of rotatable bonds is 5. The highest BCUT2D eigenvalue weighted by atomic mass is 79.9. The number of aromatic nitrogens is 5. The average Bonchev–Trinajstić information content (AvgIpc) is 3.16. The van der Waals surface area contributed by atoms with Crippen LogP contribution in [0.2, 0.25) is 5.02 Å². The Bertz CT molecular complexity index is 861. The van der Waals surface area contributed by atoms with Crippen molar-refractivity contribution in [2.45, 2.75) is 19.5 Å². The lowest BCUT2D eigenvalue weighted by molar-refractivity contribution is -0.119. The minimum atomic E-state index is -0.476. The molecule has 0 aliphatic heterocycles. The number of nitrogens with one attached hydrogen (secondary N) is 1. The number of halogens is 2. The van der Waals surface area contributed by atoms with Crippen LogP contribution in [0.5, 0.6) is 0 Å². The molecule has 0 aliphatic rings. The van der Waals surface area contributed by atoms with Gasteiger partial charge in [-0.05, 0) is 40.5 Å². The van der Waals surface area contributed by atoms with Crippen LogP contribution in [-0.2, 0) is 11.3 Å². The maximum atomic E-state index is 12.2. The molecular formula is C15H14BrClN6O. The second-order valence-electron chi connectivity index (χ2n) is 5.20. The Kier molecular flexibility index (Phi) is 4.96. The van der Waals surface area contributed by atoms with E-state index in [4.69, 9.17) is 11.6 Å². The highest BCUT2D eigenvalue weighted by molar-refractivity contribution is 9.10. The smallest absolute Gasteiger partial charge is 0.251 e. The van der Waals surface area contributed by atoms with Gasteiger partial charge in [-0.3, -0.25) is 14.8 Å². The summed E-state index contributed by atoms with van der Waals surface area (Å²) in [6.45, 7) is 2.27. The Morgan fingerprint density at radius 2 is 2.29 bits per heavy atom. The third-order valence-electron chi connectivity index (χ3n) is 3.35. The van der Waals surface area contributed by atoms with Gasteiger partial charge in [0.15, 0.2) is 0 Å². The summed E-state index contributed by atoms with van der Waals surface area (Å²) >= 11 is 9.27. The van der Waals surface area contributed by atoms with E-state index in [1.165, 1.54) is 0 Å². The number of benzene rings is 1. The van der Waals surface area contributed by atoms with Crippen LogP contribution in [0.25, 0.3) is 0 Å². The van der Waals surface area contributed by atoms with E-state index < -0.39 is 6.04 Å². The van der Waals surface area contributed by atoms with Gasteiger partial charge in [0.05, 0.1) is 17.2 Å². The normalized spacial score (nSPS) is 12.1. The molecule has 0 saturated carbocycles. The van der Waals surface area contributed by atoms with Crippen LogP contribution in [0, 0.1) is 0 Å². The van der Waals surface area contributed by atoms with Gasteiger partial charge in [0, 0.05) is 11.2 Å². The van der Waals surface area contributed by atoms with Crippen molar-refractivity contribution in [1.29, 1.82) is 0 Å². The Morgan fingerprint density at radius 1 is 1.46 bits per heavy atom. The fourth-order valence-electron chi connectivity index (χ4n) is 2.11. The Balaban J connectivity index is 1.64. The molecule has 7 nitrogen and oxygen atoms in total. The molecule has 2 heterocycles. The molecule has 2 aromatic heterocycles. The molecule has 0 radical (unpaired) electrons. The molecular weight excluding hydrogens is 396 g/mol. The molecule has 0 fully saturated rings. The second kappa shape index (κ2) is 7.14. The predicted octanol–water partition coefficient (Wildman–Crippen LogP) is 3.14. The Labute approximate surface area is 151 Å². The van der Waals surface area contributed by atoms with Gasteiger partial charge in [0.25, 0.3) is 5.91 Å². The van der Waals surface area contributed by atoms with Crippen LogP contribution in [0.1, 0.15) is 18.5 Å². The summed E-state index contributed by atoms with van der Waals surface area (Å²) in [5, 5.41) is 11.7. The van der Waals surface area contributed by atoms with Crippen molar-refractivity contribution in [3.63, 3.8) is 0 Å². The molecule has 1 aromatic carbocycles. The summed E-state index contributed by atoms with van der Waals surface area (Å²) in [5.41, 5.74) is 1.00. The number of carbonyl (C=O) groups is 1. The molecule has 3 rings (SSSR count). The molecule has 0 saturated heterocycles. The highest BCUT2D eigenvalue weighted by Gasteiger charge is 2.17. The standard InChI is InChI=1S/C15H14BrClN6O/c1-10(23-8-12(16)6-19-23)14(24)20-15-18-9-22(21-15)7-11-3-2-4-13(17)5-11/h2-6,8-10H,7H2,1H3,(H,20,21,24). The number of carbonyl (C=O) groups excluding carboxylic acids is 1. The number of hydrogen-bond acceptors (Lipinski definition) is 4. The number of nitrogens with zero attached hydrogens (tertiary/aromatic N) is 5. The first-order valence-electron chi connectivity index (χ1n) is 7.15. The quantitative estimate of drug-likeness (QED) is 0.702. The lowest BCUT2D eigenvalue weighted by Crippen LogP contribution is -2.24. The van der Waals surface area contributed by atoms with E-state index >= 15 is 0 Å². The van der Waals surface area contributed by atoms with Gasteiger partial charge in [-0.15, -0.1) is 5.10 Å². The lowest BCUT2D eigenvalue weighted by atomic mass is 10.2. The maximum Gasteiger partial charge on any atom is 0.251 e. The van der Waals surface area contributed by atoms with E-state index in [2.05, 4.69) is 36.4 Å². The second-order valence-corrected chi connectivity index (χ2v) is 6.55. The molecule has 1 unspecified atom stereocenters. The van der Waals surface area contributed by atoms with Gasteiger partial charge in [-0.1, -0.05) is 23.7 Å². The molecule has 1 amide bonds. The van der Waals surface area contributed by atoms with Gasteiger partial charge in [-0.2, -0.15) is 5.10 Å². The van der Waals surface area contributed by atoms with Crippen molar-refractivity contribution >= 4 is 39.4 Å². The molecule has 1 atom stereocenters. The predicted molar refractivity (Wildman–Crippen MR) is 93.8 cm³/mol. The molecule has 0 bridgehead atoms. The minimum absolute atomic E-state index is 0.244. The first kappa shape index (κ1) is 16.7. The summed E-state index contributed by atoms with van der Waals surface area (Å²) in [7, 11) is 0. The summed E-state index contributed by atoms with van der Waals surface area (Å²) in [6.07, 6.45) is 4.92. The van der Waals surface area contributed by atoms with Crippen LogP contribution in [0.15, 0.2) is 47.5 Å². The lowest BCUT2D eigenvalue weighted by Gasteiger charge is -2.10. The third-order valence-corrected chi connectivity index (χ3v) is 4.00. The first-order chi connectivity index (χ1) is 11.5. The van der Waals surface area contributed by atoms with Gasteiger partial charge < -0.3 is 0 Å². The van der Waals surface area contributed by atoms with E-state index in [9.17, 15) is 4.79 Å². The molecule has 3 aromatic rings. The van der Waals surface area contributed by atoms with Crippen molar-refractivity contribution in [3.8, 4) is 0 Å². The zero-order valence-electron chi connectivity index (χ0n) is 12.7. The van der Waals surface area contributed by atoms with E-state index in [1.54, 1.807) is 35.0 Å². The number of anilines is 1. The van der Waals surface area contributed by atoms with Crippen molar-refractivity contribution in [2.75, 3.05) is 5.32 Å². The Hall–Kier alpha value is -2.19. The molecule has 124 valence electrons. The summed E-state index contributed by atoms with van der Waals surface area (Å²) in [4.78, 5) is 16.3. The first-order valence-corrected chi connectivity index (χ1v) is 8.33. The van der Waals surface area contributed by atoms with Crippen molar-refractivity contribution < 1.29 is 4.79 Å². The van der Waals surface area contributed by atoms with Gasteiger partial charge in [0.1, 0.15) is 12.4 Å². The Morgan fingerprint density at radius 3 is 3.00 bits per heavy atom. The number of hydrogen-bond donors (Lipinski definition) is 1. The van der Waals surface area contributed by atoms with Crippen LogP contribution in [-0.4, -0.2) is 30.5 Å². The molecule has 1 N–H and O–H groups in total. The summed E-state index contributed by atoms with van der Waals surface area (Å²) < 4.78 is 4.00. The SMILES string of the molecule is CC(C(=O)Nc1ncn(Cc2cccc(Cl)c2)n1)n1cc(Br)cn1. The summed E-state index contributed by atoms with van der Waals surface area (Å²) in [5.74, 6) is 0.00575. The van der Waals surface area contributed by atoms with Gasteiger partial charge >= 0.3 is 0 Å². The number of amides is 1. The molecule has 24 heavy (non-hydrogen) atoms. The zero-order chi connectivity index (χ0) is 17.1. The third kappa shape index (κ3) is 4.01. The highest BCUT2D eigenvalue weighted by Crippen LogP contribution is 2.14. The van der Waals surface area contributed by atoms with Crippen LogP contribution < -0.4 is 5.32 Å². The van der Waals surface area contributed by atoms with Crippen LogP contribution >= 0.6 is 27.5 Å². The summed E-state index contributed by atoms with van der Waals surface area (Å²) in [6, 6.07) is 7.02. The fraction of sp³-hybridized carbons (Fsp3) is 0.200. The van der Waals surface area contributed by atoms with Gasteiger partial charge in [-0.25, -0.2) is 9.67 Å². The topological polar surface area (TPSA) is 77.6 Å². The van der Waals surface area contributed by atoms with Crippen molar-refractivity contribution in [1.82, 2.24) is 24.5 Å². The molecule has 0 spiro atoms. The molecule has 0 aliphatic carbocycles. The van der Waals surface area contributed by atoms with Crippen LogP contribution in [0.3, 0.4) is 0 Å². The van der Waals surface area contributed by atoms with Crippen molar-refractivity contribution in [3.05, 3.63) is 58.0 Å². The minimum Gasteiger partial charge on any atom is -0.291 e. The largest absolute Gasteiger partial charge is 0.291 e. The maximum absolute atomic E-state index is 12.2. The van der Waals surface area contributed by atoms with E-state index in [-0.39, 0.29) is 11.9 Å². The zero-order valence-corrected chi connectivity index (χ0v) is 15.1. The van der Waals surface area contributed by atoms with E-state index in [0.717, 1.165) is 10.0 Å². The van der Waals surface area contributed by atoms with E-state index in [0.29, 0.717) is 11.6 Å². The van der Waals surface area contributed by atoms with Crippen LogP contribution in [0.4, 0.5) is 5.95 Å². The molecule has 9 heteroatoms. The fourth-order valence-corrected chi connectivity index (χ4v) is 2.63. The van der Waals surface area contributed by atoms with Crippen molar-refractivity contribution in [2.24, 2.45) is 0 Å². The monoisotopic (exact) mass is 408 g/mol. The van der Waals surface area contributed by atoms with Gasteiger partial charge in [0.2, 0.25) is 5.95 Å². The van der Waals surface area contributed by atoms with E-state index in [1.807, 2.05) is 24.3 Å². The average molecular weight is 410 g/mol.